The van der Waals surface area contributed by atoms with Crippen molar-refractivity contribution in [1.82, 2.24) is 29.4 Å². The highest BCUT2D eigenvalue weighted by atomic mass is 16.5. The van der Waals surface area contributed by atoms with Crippen molar-refractivity contribution in [3.63, 3.8) is 0 Å². The summed E-state index contributed by atoms with van der Waals surface area (Å²) in [6.45, 7) is 0. The minimum Gasteiger partial charge on any atom is -0.497 e. The fourth-order valence-electron chi connectivity index (χ4n) is 3.21. The molecule has 0 spiro atoms. The predicted molar refractivity (Wildman–Crippen MR) is 104 cm³/mol. The zero-order valence-electron chi connectivity index (χ0n) is 15.3. The Labute approximate surface area is 160 Å². The second-order valence-corrected chi connectivity index (χ2v) is 6.19. The summed E-state index contributed by atoms with van der Waals surface area (Å²) < 4.78 is 14.4. The van der Waals surface area contributed by atoms with Crippen LogP contribution in [0, 0.1) is 0 Å². The van der Waals surface area contributed by atoms with Crippen LogP contribution in [-0.4, -0.2) is 43.6 Å². The highest BCUT2D eigenvalue weighted by Crippen LogP contribution is 2.30. The van der Waals surface area contributed by atoms with Gasteiger partial charge in [0.1, 0.15) is 17.8 Å². The average molecular weight is 372 g/mol. The molecule has 5 rings (SSSR count). The first kappa shape index (κ1) is 16.2. The zero-order chi connectivity index (χ0) is 19.1. The van der Waals surface area contributed by atoms with Crippen molar-refractivity contribution in [3.05, 3.63) is 61.1 Å². The summed E-state index contributed by atoms with van der Waals surface area (Å²) in [7, 11) is 3.23. The van der Waals surface area contributed by atoms with Gasteiger partial charge in [-0.3, -0.25) is 4.40 Å². The molecule has 0 fully saturated rings. The third kappa shape index (κ3) is 2.46. The van der Waals surface area contributed by atoms with Crippen molar-refractivity contribution in [2.75, 3.05) is 14.2 Å². The summed E-state index contributed by atoms with van der Waals surface area (Å²) >= 11 is 0. The Bertz CT molecular complexity index is 1270. The monoisotopic (exact) mass is 372 g/mol. The molecule has 0 aliphatic heterocycles. The van der Waals surface area contributed by atoms with Crippen molar-refractivity contribution in [3.8, 4) is 28.6 Å². The van der Waals surface area contributed by atoms with Gasteiger partial charge in [-0.1, -0.05) is 18.2 Å². The van der Waals surface area contributed by atoms with Crippen LogP contribution in [0.1, 0.15) is 0 Å². The molecule has 0 bridgehead atoms. The maximum atomic E-state index is 5.36. The molecule has 2 aromatic carbocycles. The minimum absolute atomic E-state index is 0.647. The maximum absolute atomic E-state index is 5.36. The normalized spacial score (nSPS) is 11.2. The Kier molecular flexibility index (Phi) is 3.68. The van der Waals surface area contributed by atoms with Gasteiger partial charge < -0.3 is 9.47 Å². The molecule has 3 aromatic heterocycles. The van der Waals surface area contributed by atoms with Crippen LogP contribution < -0.4 is 9.47 Å². The lowest BCUT2D eigenvalue weighted by molar-refractivity contribution is 0.394. The van der Waals surface area contributed by atoms with Crippen molar-refractivity contribution in [1.29, 1.82) is 0 Å². The summed E-state index contributed by atoms with van der Waals surface area (Å²) in [4.78, 5) is 4.61. The van der Waals surface area contributed by atoms with Crippen LogP contribution in [0.2, 0.25) is 0 Å². The summed E-state index contributed by atoms with van der Waals surface area (Å²) in [5, 5.41) is 14.1. The van der Waals surface area contributed by atoms with Gasteiger partial charge in [0.2, 0.25) is 0 Å². The Morgan fingerprint density at radius 1 is 0.857 bits per heavy atom. The summed E-state index contributed by atoms with van der Waals surface area (Å²) in [6, 6.07) is 15.4. The molecule has 0 N–H and O–H groups in total. The highest BCUT2D eigenvalue weighted by molar-refractivity contribution is 5.90. The van der Waals surface area contributed by atoms with Gasteiger partial charge in [-0.15, -0.1) is 10.2 Å². The lowest BCUT2D eigenvalue weighted by Crippen LogP contribution is -1.99. The van der Waals surface area contributed by atoms with E-state index in [2.05, 4.69) is 20.3 Å². The first-order valence-electron chi connectivity index (χ1n) is 8.65. The van der Waals surface area contributed by atoms with Crippen molar-refractivity contribution < 1.29 is 9.47 Å². The van der Waals surface area contributed by atoms with E-state index >= 15 is 0 Å². The largest absolute Gasteiger partial charge is 0.497 e. The second-order valence-electron chi connectivity index (χ2n) is 6.19. The predicted octanol–water partition coefficient (Wildman–Crippen LogP) is 3.15. The molecular formula is C20H16N6O2. The van der Waals surface area contributed by atoms with E-state index in [4.69, 9.17) is 9.47 Å². The van der Waals surface area contributed by atoms with Crippen LogP contribution in [0.3, 0.4) is 0 Å². The topological polar surface area (TPSA) is 79.4 Å². The van der Waals surface area contributed by atoms with Gasteiger partial charge in [-0.2, -0.15) is 5.10 Å². The highest BCUT2D eigenvalue weighted by Gasteiger charge is 2.16. The smallest absolute Gasteiger partial charge is 0.175 e. The molecule has 0 saturated heterocycles. The van der Waals surface area contributed by atoms with Crippen LogP contribution in [0.5, 0.6) is 11.5 Å². The molecule has 3 heterocycles. The number of para-hydroxylation sites is 1. The van der Waals surface area contributed by atoms with E-state index in [1.54, 1.807) is 31.4 Å². The Balaban J connectivity index is 1.70. The molecule has 28 heavy (non-hydrogen) atoms. The molecule has 0 amide bonds. The standard InChI is InChI=1S/C20H16N6O2/c1-27-15-8-13(9-16(10-15)28-2)18-23-24-20-17-11-22-26(14-6-4-3-5-7-14)19(17)21-12-25(18)20/h3-12H,1-2H3. The minimum atomic E-state index is 0.647. The Morgan fingerprint density at radius 2 is 1.61 bits per heavy atom. The van der Waals surface area contributed by atoms with Crippen molar-refractivity contribution in [2.45, 2.75) is 0 Å². The van der Waals surface area contributed by atoms with Crippen LogP contribution in [-0.2, 0) is 0 Å². The number of benzene rings is 2. The lowest BCUT2D eigenvalue weighted by Gasteiger charge is -2.07. The molecule has 8 heteroatoms. The van der Waals surface area contributed by atoms with E-state index in [-0.39, 0.29) is 0 Å². The van der Waals surface area contributed by atoms with Crippen LogP contribution in [0.15, 0.2) is 61.1 Å². The van der Waals surface area contributed by atoms with Gasteiger partial charge in [-0.05, 0) is 24.3 Å². The number of nitrogens with zero attached hydrogens (tertiary/aromatic N) is 6. The van der Waals surface area contributed by atoms with E-state index in [0.717, 1.165) is 22.3 Å². The molecule has 0 radical (unpaired) electrons. The van der Waals surface area contributed by atoms with Crippen LogP contribution >= 0.6 is 0 Å². The van der Waals surface area contributed by atoms with Gasteiger partial charge in [-0.25, -0.2) is 9.67 Å². The lowest BCUT2D eigenvalue weighted by atomic mass is 10.2. The molecular weight excluding hydrogens is 356 g/mol. The summed E-state index contributed by atoms with van der Waals surface area (Å²) in [5.74, 6) is 2.00. The van der Waals surface area contributed by atoms with Gasteiger partial charge in [0.15, 0.2) is 17.1 Å². The molecule has 138 valence electrons. The fraction of sp³-hybridized carbons (Fsp3) is 0.100. The zero-order valence-corrected chi connectivity index (χ0v) is 15.3. The number of hydrogen-bond acceptors (Lipinski definition) is 6. The summed E-state index contributed by atoms with van der Waals surface area (Å²) in [6.07, 6.45) is 3.47. The molecule has 0 unspecified atom stereocenters. The Morgan fingerprint density at radius 3 is 2.32 bits per heavy atom. The van der Waals surface area contributed by atoms with Gasteiger partial charge in [0.25, 0.3) is 0 Å². The maximum Gasteiger partial charge on any atom is 0.175 e. The average Bonchev–Trinajstić information content (AvgIpc) is 3.38. The number of methoxy groups -OCH3 is 2. The van der Waals surface area contributed by atoms with Gasteiger partial charge in [0, 0.05) is 11.6 Å². The summed E-state index contributed by atoms with van der Waals surface area (Å²) in [5.41, 5.74) is 3.16. The van der Waals surface area contributed by atoms with Gasteiger partial charge in [0.05, 0.1) is 31.5 Å². The number of aromatic nitrogens is 6. The Hall–Kier alpha value is -3.94. The number of fused-ring (bicyclic) bond motifs is 3. The second kappa shape index (κ2) is 6.34. The molecule has 0 saturated carbocycles. The molecule has 8 nitrogen and oxygen atoms in total. The van der Waals surface area contributed by atoms with Gasteiger partial charge >= 0.3 is 0 Å². The van der Waals surface area contributed by atoms with E-state index in [0.29, 0.717) is 23.0 Å². The third-order valence-corrected chi connectivity index (χ3v) is 4.59. The van der Waals surface area contributed by atoms with Crippen molar-refractivity contribution in [2.24, 2.45) is 0 Å². The number of hydrogen-bond donors (Lipinski definition) is 0. The third-order valence-electron chi connectivity index (χ3n) is 4.59. The molecule has 0 aliphatic rings. The first-order chi connectivity index (χ1) is 13.8. The van der Waals surface area contributed by atoms with Crippen molar-refractivity contribution >= 4 is 16.7 Å². The number of ether oxygens (including phenoxy) is 2. The van der Waals surface area contributed by atoms with E-state index in [9.17, 15) is 0 Å². The van der Waals surface area contributed by atoms with E-state index in [1.807, 2.05) is 52.9 Å². The van der Waals surface area contributed by atoms with Crippen LogP contribution in [0.4, 0.5) is 0 Å². The number of rotatable bonds is 4. The fourth-order valence-corrected chi connectivity index (χ4v) is 3.21. The van der Waals surface area contributed by atoms with Crippen LogP contribution in [0.25, 0.3) is 33.8 Å². The molecule has 0 aliphatic carbocycles. The quantitative estimate of drug-likeness (QED) is 0.482. The van der Waals surface area contributed by atoms with E-state index < -0.39 is 0 Å². The molecule has 5 aromatic rings. The SMILES string of the molecule is COc1cc(OC)cc(-c2nnc3c4cnn(-c5ccccc5)c4ncn23)c1. The first-order valence-corrected chi connectivity index (χ1v) is 8.65. The van der Waals surface area contributed by atoms with E-state index in [1.165, 1.54) is 0 Å². The molecule has 0 atom stereocenters.